The molecule has 0 radical (unpaired) electrons. The molecule has 4 heteroatoms. The quantitative estimate of drug-likeness (QED) is 0.902. The van der Waals surface area contributed by atoms with Crippen molar-refractivity contribution in [3.63, 3.8) is 0 Å². The number of benzene rings is 2. The van der Waals surface area contributed by atoms with Crippen LogP contribution in [0.2, 0.25) is 0 Å². The van der Waals surface area contributed by atoms with E-state index < -0.39 is 5.82 Å². The van der Waals surface area contributed by atoms with Crippen LogP contribution < -0.4 is 5.32 Å². The van der Waals surface area contributed by atoms with Gasteiger partial charge in [-0.3, -0.25) is 0 Å². The summed E-state index contributed by atoms with van der Waals surface area (Å²) >= 11 is 0. The van der Waals surface area contributed by atoms with Crippen LogP contribution in [0.3, 0.4) is 0 Å². The molecule has 0 saturated heterocycles. The van der Waals surface area contributed by atoms with Crippen LogP contribution >= 0.6 is 0 Å². The van der Waals surface area contributed by atoms with Gasteiger partial charge in [0.1, 0.15) is 11.6 Å². The van der Waals surface area contributed by atoms with Gasteiger partial charge < -0.3 is 5.32 Å². The molecule has 0 spiro atoms. The molecule has 0 amide bonds. The molecule has 0 aromatic heterocycles. The van der Waals surface area contributed by atoms with Crippen molar-refractivity contribution in [1.82, 2.24) is 0 Å². The molecule has 2 aromatic carbocycles. The van der Waals surface area contributed by atoms with Gasteiger partial charge in [0.05, 0.1) is 23.4 Å². The lowest BCUT2D eigenvalue weighted by atomic mass is 10.1. The molecule has 2 nitrogen and oxygen atoms in total. The zero-order valence-corrected chi connectivity index (χ0v) is 10.3. The van der Waals surface area contributed by atoms with Gasteiger partial charge in [-0.15, -0.1) is 0 Å². The van der Waals surface area contributed by atoms with Gasteiger partial charge in [0.25, 0.3) is 0 Å². The molecule has 1 unspecified atom stereocenters. The minimum Gasteiger partial charge on any atom is -0.376 e. The van der Waals surface area contributed by atoms with Crippen LogP contribution in [0.1, 0.15) is 24.1 Å². The van der Waals surface area contributed by atoms with Crippen LogP contribution in [-0.2, 0) is 0 Å². The zero-order valence-electron chi connectivity index (χ0n) is 10.3. The molecule has 1 atom stereocenters. The summed E-state index contributed by atoms with van der Waals surface area (Å²) in [6, 6.07) is 12.0. The standard InChI is InChI=1S/C15H12F2N2/c1-10(12-4-2-3-5-13(12)16)19-15-7-6-11(9-18)8-14(15)17/h2-8,10,19H,1H3. The lowest BCUT2D eigenvalue weighted by Crippen LogP contribution is -2.09. The van der Waals surface area contributed by atoms with Crippen LogP contribution in [0.15, 0.2) is 42.5 Å². The van der Waals surface area contributed by atoms with Crippen molar-refractivity contribution < 1.29 is 8.78 Å². The van der Waals surface area contributed by atoms with Gasteiger partial charge in [0.2, 0.25) is 0 Å². The molecule has 0 heterocycles. The first-order valence-electron chi connectivity index (χ1n) is 5.82. The summed E-state index contributed by atoms with van der Waals surface area (Å²) in [4.78, 5) is 0. The first-order valence-corrected chi connectivity index (χ1v) is 5.82. The predicted molar refractivity (Wildman–Crippen MR) is 69.6 cm³/mol. The lowest BCUT2D eigenvalue weighted by molar-refractivity contribution is 0.596. The minimum atomic E-state index is -0.526. The highest BCUT2D eigenvalue weighted by molar-refractivity contribution is 5.50. The Balaban J connectivity index is 2.22. The Bertz CT molecular complexity index is 632. The fourth-order valence-corrected chi connectivity index (χ4v) is 1.84. The summed E-state index contributed by atoms with van der Waals surface area (Å²) in [6.07, 6.45) is 0. The Morgan fingerprint density at radius 2 is 1.84 bits per heavy atom. The van der Waals surface area contributed by atoms with Crippen molar-refractivity contribution in [3.8, 4) is 6.07 Å². The average molecular weight is 258 g/mol. The number of hydrogen-bond acceptors (Lipinski definition) is 2. The van der Waals surface area contributed by atoms with Gasteiger partial charge in [-0.1, -0.05) is 18.2 Å². The second kappa shape index (κ2) is 5.49. The molecule has 2 rings (SSSR count). The van der Waals surface area contributed by atoms with Gasteiger partial charge >= 0.3 is 0 Å². The summed E-state index contributed by atoms with van der Waals surface area (Å²) in [5.41, 5.74) is 0.961. The number of hydrogen-bond donors (Lipinski definition) is 1. The Hall–Kier alpha value is -2.41. The molecule has 1 N–H and O–H groups in total. The third-order valence-electron chi connectivity index (χ3n) is 2.84. The number of nitrogens with one attached hydrogen (secondary N) is 1. The fraction of sp³-hybridized carbons (Fsp3) is 0.133. The number of rotatable bonds is 3. The normalized spacial score (nSPS) is 11.7. The fourth-order valence-electron chi connectivity index (χ4n) is 1.84. The second-order valence-corrected chi connectivity index (χ2v) is 4.19. The largest absolute Gasteiger partial charge is 0.376 e. The highest BCUT2D eigenvalue weighted by atomic mass is 19.1. The molecule has 19 heavy (non-hydrogen) atoms. The van der Waals surface area contributed by atoms with E-state index in [-0.39, 0.29) is 23.1 Å². The smallest absolute Gasteiger partial charge is 0.147 e. The van der Waals surface area contributed by atoms with Gasteiger partial charge in [-0.05, 0) is 31.2 Å². The number of nitriles is 1. The molecule has 0 aliphatic carbocycles. The molecule has 0 saturated carbocycles. The molecule has 0 fully saturated rings. The van der Waals surface area contributed by atoms with Crippen LogP contribution in [0.5, 0.6) is 0 Å². The Labute approximate surface area is 110 Å². The molecular formula is C15H12F2N2. The first kappa shape index (κ1) is 13.0. The summed E-state index contributed by atoms with van der Waals surface area (Å²) in [5, 5.41) is 11.6. The van der Waals surface area contributed by atoms with E-state index >= 15 is 0 Å². The van der Waals surface area contributed by atoms with Gasteiger partial charge in [-0.2, -0.15) is 5.26 Å². The van der Waals surface area contributed by atoms with E-state index in [1.54, 1.807) is 25.1 Å². The van der Waals surface area contributed by atoms with Gasteiger partial charge in [0.15, 0.2) is 0 Å². The molecule has 2 aromatic rings. The van der Waals surface area contributed by atoms with Crippen molar-refractivity contribution in [2.24, 2.45) is 0 Å². The summed E-state index contributed by atoms with van der Waals surface area (Å²) < 4.78 is 27.3. The molecule has 96 valence electrons. The summed E-state index contributed by atoms with van der Waals surface area (Å²) in [6.45, 7) is 1.75. The van der Waals surface area contributed by atoms with Gasteiger partial charge in [-0.25, -0.2) is 8.78 Å². The van der Waals surface area contributed by atoms with E-state index in [9.17, 15) is 8.78 Å². The Morgan fingerprint density at radius 1 is 1.11 bits per heavy atom. The van der Waals surface area contributed by atoms with E-state index in [4.69, 9.17) is 5.26 Å². The topological polar surface area (TPSA) is 35.8 Å². The van der Waals surface area contributed by atoms with Crippen molar-refractivity contribution in [2.75, 3.05) is 5.32 Å². The van der Waals surface area contributed by atoms with E-state index in [2.05, 4.69) is 5.32 Å². The molecule has 0 aliphatic rings. The zero-order chi connectivity index (χ0) is 13.8. The SMILES string of the molecule is CC(Nc1ccc(C#N)cc1F)c1ccccc1F. The van der Waals surface area contributed by atoms with Crippen LogP contribution in [0, 0.1) is 23.0 Å². The maximum Gasteiger partial charge on any atom is 0.147 e. The minimum absolute atomic E-state index is 0.245. The lowest BCUT2D eigenvalue weighted by Gasteiger charge is -2.16. The summed E-state index contributed by atoms with van der Waals surface area (Å²) in [7, 11) is 0. The first-order chi connectivity index (χ1) is 9.11. The number of anilines is 1. The highest BCUT2D eigenvalue weighted by Crippen LogP contribution is 2.23. The Kier molecular flexibility index (Phi) is 3.76. The van der Waals surface area contributed by atoms with Crippen molar-refractivity contribution in [3.05, 3.63) is 65.2 Å². The van der Waals surface area contributed by atoms with Gasteiger partial charge in [0, 0.05) is 5.56 Å². The molecule has 0 aliphatic heterocycles. The molecular weight excluding hydrogens is 246 g/mol. The van der Waals surface area contributed by atoms with Crippen LogP contribution in [0.4, 0.5) is 14.5 Å². The maximum absolute atomic E-state index is 13.7. The second-order valence-electron chi connectivity index (χ2n) is 4.19. The van der Waals surface area contributed by atoms with Crippen molar-refractivity contribution >= 4 is 5.69 Å². The number of nitrogens with zero attached hydrogens (tertiary/aromatic N) is 1. The van der Waals surface area contributed by atoms with Crippen molar-refractivity contribution in [1.29, 1.82) is 5.26 Å². The average Bonchev–Trinajstić information content (AvgIpc) is 2.41. The monoisotopic (exact) mass is 258 g/mol. The van der Waals surface area contributed by atoms with E-state index in [0.29, 0.717) is 5.56 Å². The molecule has 0 bridgehead atoms. The number of halogens is 2. The third kappa shape index (κ3) is 2.89. The predicted octanol–water partition coefficient (Wildman–Crippen LogP) is 4.01. The van der Waals surface area contributed by atoms with Crippen molar-refractivity contribution in [2.45, 2.75) is 13.0 Å². The summed E-state index contributed by atoms with van der Waals surface area (Å²) in [5.74, 6) is -0.862. The highest BCUT2D eigenvalue weighted by Gasteiger charge is 2.12. The Morgan fingerprint density at radius 3 is 2.47 bits per heavy atom. The van der Waals surface area contributed by atoms with Crippen LogP contribution in [0.25, 0.3) is 0 Å². The van der Waals surface area contributed by atoms with Crippen LogP contribution in [-0.4, -0.2) is 0 Å². The maximum atomic E-state index is 13.7. The third-order valence-corrected chi connectivity index (χ3v) is 2.84. The van der Waals surface area contributed by atoms with E-state index in [0.717, 1.165) is 6.07 Å². The van der Waals surface area contributed by atoms with E-state index in [1.807, 2.05) is 6.07 Å². The van der Waals surface area contributed by atoms with E-state index in [1.165, 1.54) is 18.2 Å².